The van der Waals surface area contributed by atoms with Crippen LogP contribution in [0.1, 0.15) is 52.9 Å². The average Bonchev–Trinajstić information content (AvgIpc) is 2.54. The van der Waals surface area contributed by atoms with Gasteiger partial charge in [0.15, 0.2) is 5.96 Å². The lowest BCUT2D eigenvalue weighted by molar-refractivity contribution is 0.187. The first-order valence-electron chi connectivity index (χ1n) is 8.90. The number of aliphatic imine (C=N–C) groups is 1. The first kappa shape index (κ1) is 22.0. The van der Waals surface area contributed by atoms with Crippen molar-refractivity contribution in [2.24, 2.45) is 16.8 Å². The number of halogens is 1. The summed E-state index contributed by atoms with van der Waals surface area (Å²) in [5.41, 5.74) is 0. The van der Waals surface area contributed by atoms with Crippen LogP contribution in [0, 0.1) is 11.8 Å². The van der Waals surface area contributed by atoms with Gasteiger partial charge < -0.3 is 15.5 Å². The molecule has 1 aliphatic heterocycles. The Morgan fingerprint density at radius 3 is 2.27 bits per heavy atom. The zero-order chi connectivity index (χ0) is 15.5. The van der Waals surface area contributed by atoms with Gasteiger partial charge in [-0.15, -0.1) is 24.0 Å². The van der Waals surface area contributed by atoms with Gasteiger partial charge in [-0.25, -0.2) is 0 Å². The third kappa shape index (κ3) is 8.56. The maximum atomic E-state index is 4.32. The van der Waals surface area contributed by atoms with E-state index in [2.05, 4.69) is 41.3 Å². The molecule has 0 aromatic rings. The van der Waals surface area contributed by atoms with Crippen molar-refractivity contribution in [3.63, 3.8) is 0 Å². The second-order valence-corrected chi connectivity index (χ2v) is 6.23. The lowest BCUT2D eigenvalue weighted by atomic mass is 9.93. The second kappa shape index (κ2) is 13.4. The predicted octanol–water partition coefficient (Wildman–Crippen LogP) is 3.33. The van der Waals surface area contributed by atoms with E-state index in [1.165, 1.54) is 51.7 Å². The highest BCUT2D eigenvalue weighted by Crippen LogP contribution is 2.19. The minimum absolute atomic E-state index is 0. The Morgan fingerprint density at radius 1 is 1.14 bits per heavy atom. The summed E-state index contributed by atoms with van der Waals surface area (Å²) in [7, 11) is 1.86. The maximum Gasteiger partial charge on any atom is 0.190 e. The van der Waals surface area contributed by atoms with Crippen molar-refractivity contribution in [1.29, 1.82) is 0 Å². The van der Waals surface area contributed by atoms with Crippen molar-refractivity contribution in [2.75, 3.05) is 39.8 Å². The van der Waals surface area contributed by atoms with E-state index in [4.69, 9.17) is 0 Å². The molecule has 0 unspecified atom stereocenters. The highest BCUT2D eigenvalue weighted by Gasteiger charge is 2.17. The van der Waals surface area contributed by atoms with Gasteiger partial charge in [-0.2, -0.15) is 0 Å². The van der Waals surface area contributed by atoms with Crippen LogP contribution in [-0.4, -0.2) is 50.6 Å². The van der Waals surface area contributed by atoms with Crippen molar-refractivity contribution in [2.45, 2.75) is 52.9 Å². The number of rotatable bonds is 8. The van der Waals surface area contributed by atoms with Crippen LogP contribution in [0.15, 0.2) is 4.99 Å². The van der Waals surface area contributed by atoms with E-state index in [1.54, 1.807) is 0 Å². The van der Waals surface area contributed by atoms with Gasteiger partial charge in [-0.1, -0.05) is 33.6 Å². The molecule has 22 heavy (non-hydrogen) atoms. The zero-order valence-corrected chi connectivity index (χ0v) is 17.4. The molecule has 0 aliphatic carbocycles. The monoisotopic (exact) mass is 424 g/mol. The lowest BCUT2D eigenvalue weighted by Gasteiger charge is -2.31. The van der Waals surface area contributed by atoms with Crippen LogP contribution in [0.2, 0.25) is 0 Å². The molecule has 0 aromatic heterocycles. The first-order chi connectivity index (χ1) is 10.2. The summed E-state index contributed by atoms with van der Waals surface area (Å²) < 4.78 is 0. The van der Waals surface area contributed by atoms with E-state index in [1.807, 2.05) is 7.05 Å². The summed E-state index contributed by atoms with van der Waals surface area (Å²) in [4.78, 5) is 6.88. The standard InChI is InChI=1S/C17H36N4.HI/c1-5-15(6-2)14-20-17(18-4)19-11-8-16-9-12-21(7-3)13-10-16;/h15-16H,5-14H2,1-4H3,(H2,18,19,20);1H. The molecule has 0 saturated carbocycles. The summed E-state index contributed by atoms with van der Waals surface area (Å²) in [6, 6.07) is 0. The SMILES string of the molecule is CCC(CC)CNC(=NC)NCCC1CCN(CC)CC1.I. The lowest BCUT2D eigenvalue weighted by Crippen LogP contribution is -2.41. The molecular weight excluding hydrogens is 387 g/mol. The number of likely N-dealkylation sites (tertiary alicyclic amines) is 1. The van der Waals surface area contributed by atoms with Crippen LogP contribution >= 0.6 is 24.0 Å². The number of piperidine rings is 1. The van der Waals surface area contributed by atoms with E-state index in [9.17, 15) is 0 Å². The number of hydrogen-bond acceptors (Lipinski definition) is 2. The predicted molar refractivity (Wildman–Crippen MR) is 108 cm³/mol. The summed E-state index contributed by atoms with van der Waals surface area (Å²) >= 11 is 0. The van der Waals surface area contributed by atoms with Crippen LogP contribution < -0.4 is 10.6 Å². The second-order valence-electron chi connectivity index (χ2n) is 6.23. The first-order valence-corrected chi connectivity index (χ1v) is 8.90. The van der Waals surface area contributed by atoms with Crippen molar-refractivity contribution in [3.8, 4) is 0 Å². The summed E-state index contributed by atoms with van der Waals surface area (Å²) in [6.07, 6.45) is 6.45. The molecule has 1 saturated heterocycles. The summed E-state index contributed by atoms with van der Waals surface area (Å²) in [5.74, 6) is 2.60. The Labute approximate surface area is 154 Å². The Kier molecular flexibility index (Phi) is 13.4. The number of nitrogens with zero attached hydrogens (tertiary/aromatic N) is 2. The van der Waals surface area contributed by atoms with Crippen molar-refractivity contribution < 1.29 is 0 Å². The van der Waals surface area contributed by atoms with Gasteiger partial charge in [0.25, 0.3) is 0 Å². The molecule has 132 valence electrons. The molecule has 2 N–H and O–H groups in total. The summed E-state index contributed by atoms with van der Waals surface area (Å²) in [5, 5.41) is 6.93. The van der Waals surface area contributed by atoms with Gasteiger partial charge in [-0.05, 0) is 50.7 Å². The van der Waals surface area contributed by atoms with E-state index < -0.39 is 0 Å². The normalized spacial score (nSPS) is 17.4. The molecule has 1 rings (SSSR count). The molecule has 5 heteroatoms. The fourth-order valence-electron chi connectivity index (χ4n) is 3.03. The number of nitrogens with one attached hydrogen (secondary N) is 2. The average molecular weight is 424 g/mol. The number of hydrogen-bond donors (Lipinski definition) is 2. The fourth-order valence-corrected chi connectivity index (χ4v) is 3.03. The minimum Gasteiger partial charge on any atom is -0.356 e. The molecule has 0 aromatic carbocycles. The fraction of sp³-hybridized carbons (Fsp3) is 0.941. The molecule has 0 bridgehead atoms. The maximum absolute atomic E-state index is 4.32. The van der Waals surface area contributed by atoms with Crippen LogP contribution in [0.4, 0.5) is 0 Å². The van der Waals surface area contributed by atoms with E-state index in [-0.39, 0.29) is 24.0 Å². The number of guanidine groups is 1. The molecule has 0 atom stereocenters. The Hall–Kier alpha value is -0.0400. The van der Waals surface area contributed by atoms with Crippen LogP contribution in [0.3, 0.4) is 0 Å². The molecule has 1 heterocycles. The van der Waals surface area contributed by atoms with Crippen molar-refractivity contribution >= 4 is 29.9 Å². The van der Waals surface area contributed by atoms with Crippen molar-refractivity contribution in [3.05, 3.63) is 0 Å². The van der Waals surface area contributed by atoms with Gasteiger partial charge in [0.1, 0.15) is 0 Å². The van der Waals surface area contributed by atoms with Gasteiger partial charge in [0.2, 0.25) is 0 Å². The molecule has 4 nitrogen and oxygen atoms in total. The largest absolute Gasteiger partial charge is 0.356 e. The van der Waals surface area contributed by atoms with Gasteiger partial charge in [0.05, 0.1) is 0 Å². The molecule has 1 aliphatic rings. The van der Waals surface area contributed by atoms with E-state index in [0.29, 0.717) is 0 Å². The third-order valence-electron chi connectivity index (χ3n) is 4.94. The molecule has 0 amide bonds. The van der Waals surface area contributed by atoms with Gasteiger partial charge in [0, 0.05) is 20.1 Å². The van der Waals surface area contributed by atoms with E-state index in [0.717, 1.165) is 30.9 Å². The van der Waals surface area contributed by atoms with Gasteiger partial charge >= 0.3 is 0 Å². The highest BCUT2D eigenvalue weighted by molar-refractivity contribution is 14.0. The van der Waals surface area contributed by atoms with Crippen LogP contribution in [0.25, 0.3) is 0 Å². The Balaban J connectivity index is 0.00000441. The van der Waals surface area contributed by atoms with Crippen LogP contribution in [0.5, 0.6) is 0 Å². The quantitative estimate of drug-likeness (QED) is 0.357. The Morgan fingerprint density at radius 2 is 1.77 bits per heavy atom. The minimum atomic E-state index is 0. The topological polar surface area (TPSA) is 39.7 Å². The smallest absolute Gasteiger partial charge is 0.190 e. The summed E-state index contributed by atoms with van der Waals surface area (Å²) in [6.45, 7) is 12.6. The molecule has 0 radical (unpaired) electrons. The molecule has 0 spiro atoms. The van der Waals surface area contributed by atoms with Crippen LogP contribution in [-0.2, 0) is 0 Å². The third-order valence-corrected chi connectivity index (χ3v) is 4.94. The van der Waals surface area contributed by atoms with Crippen molar-refractivity contribution in [1.82, 2.24) is 15.5 Å². The molecular formula is C17H37IN4. The highest BCUT2D eigenvalue weighted by atomic mass is 127. The van der Waals surface area contributed by atoms with E-state index >= 15 is 0 Å². The molecule has 1 fully saturated rings. The van der Waals surface area contributed by atoms with Gasteiger partial charge in [-0.3, -0.25) is 4.99 Å². The zero-order valence-electron chi connectivity index (χ0n) is 15.0. The Bertz CT molecular complexity index is 284.